The lowest BCUT2D eigenvalue weighted by Gasteiger charge is -2.24. The van der Waals surface area contributed by atoms with E-state index in [2.05, 4.69) is 11.1 Å². The van der Waals surface area contributed by atoms with Crippen LogP contribution >= 0.6 is 0 Å². The number of likely N-dealkylation sites (N-methyl/N-ethyl adjacent to an activating group) is 1. The summed E-state index contributed by atoms with van der Waals surface area (Å²) in [5, 5.41) is 10.3. The van der Waals surface area contributed by atoms with E-state index in [1.165, 1.54) is 11.8 Å². The second kappa shape index (κ2) is 6.44. The third kappa shape index (κ3) is 3.17. The van der Waals surface area contributed by atoms with Crippen molar-refractivity contribution in [2.24, 2.45) is 0 Å². The molecule has 0 saturated carbocycles. The molecule has 0 bridgehead atoms. The van der Waals surface area contributed by atoms with Crippen LogP contribution in [0.15, 0.2) is 29.1 Å². The van der Waals surface area contributed by atoms with E-state index in [9.17, 15) is 14.9 Å². The number of aryl methyl sites for hydroxylation is 1. The van der Waals surface area contributed by atoms with Gasteiger partial charge >= 0.3 is 0 Å². The number of hydrogen-bond donors (Lipinski definition) is 1. The van der Waals surface area contributed by atoms with Crippen molar-refractivity contribution in [3.8, 4) is 6.07 Å². The molecule has 2 aromatic rings. The molecule has 1 amide bonds. The normalized spacial score (nSPS) is 11.9. The largest absolute Gasteiger partial charge is 0.327 e. The van der Waals surface area contributed by atoms with Crippen LogP contribution in [0.2, 0.25) is 0 Å². The maximum absolute atomic E-state index is 12.2. The van der Waals surface area contributed by atoms with Crippen LogP contribution < -0.4 is 5.56 Å². The van der Waals surface area contributed by atoms with Crippen LogP contribution in [0.1, 0.15) is 25.0 Å². The molecule has 0 aliphatic heterocycles. The van der Waals surface area contributed by atoms with E-state index < -0.39 is 6.04 Å². The average molecular weight is 297 g/mol. The number of aromatic amines is 1. The van der Waals surface area contributed by atoms with Crippen LogP contribution in [-0.2, 0) is 11.2 Å². The summed E-state index contributed by atoms with van der Waals surface area (Å²) < 4.78 is 0. The number of nitrogens with one attached hydrogen (secondary N) is 1. The molecule has 0 spiro atoms. The highest BCUT2D eigenvalue weighted by molar-refractivity contribution is 5.79. The van der Waals surface area contributed by atoms with Crippen LogP contribution in [-0.4, -0.2) is 28.4 Å². The SMILES string of the molecule is CCN(C(C)=O)C(C#N)Cc1cc2cc(C)ccc2[nH]c1=O. The zero-order valence-electron chi connectivity index (χ0n) is 13.0. The van der Waals surface area contributed by atoms with Gasteiger partial charge in [0, 0.05) is 31.0 Å². The van der Waals surface area contributed by atoms with Crippen LogP contribution in [0, 0.1) is 18.3 Å². The fourth-order valence-electron chi connectivity index (χ4n) is 2.62. The minimum absolute atomic E-state index is 0.165. The van der Waals surface area contributed by atoms with E-state index >= 15 is 0 Å². The number of carbonyl (C=O) groups is 1. The molecular weight excluding hydrogens is 278 g/mol. The predicted molar refractivity (Wildman–Crippen MR) is 85.5 cm³/mol. The molecule has 1 N–H and O–H groups in total. The number of pyridine rings is 1. The van der Waals surface area contributed by atoms with E-state index in [0.29, 0.717) is 12.1 Å². The standard InChI is InChI=1S/C17H19N3O2/c1-4-20(12(3)21)15(10-18)9-14-8-13-7-11(2)5-6-16(13)19-17(14)22/h5-8,15H,4,9H2,1-3H3,(H,19,22). The number of H-pyrrole nitrogens is 1. The Morgan fingerprint density at radius 2 is 2.14 bits per heavy atom. The summed E-state index contributed by atoms with van der Waals surface area (Å²) in [4.78, 5) is 28.1. The molecule has 2 rings (SSSR count). The summed E-state index contributed by atoms with van der Waals surface area (Å²) in [7, 11) is 0. The Morgan fingerprint density at radius 1 is 1.41 bits per heavy atom. The quantitative estimate of drug-likeness (QED) is 0.939. The molecule has 1 heterocycles. The smallest absolute Gasteiger partial charge is 0.251 e. The van der Waals surface area contributed by atoms with Gasteiger partial charge in [0.05, 0.1) is 6.07 Å². The molecule has 0 fully saturated rings. The van der Waals surface area contributed by atoms with Crippen molar-refractivity contribution in [2.45, 2.75) is 33.2 Å². The molecule has 1 atom stereocenters. The minimum Gasteiger partial charge on any atom is -0.327 e. The Labute approximate surface area is 129 Å². The molecule has 1 aromatic carbocycles. The first kappa shape index (κ1) is 15.8. The van der Waals surface area contributed by atoms with Gasteiger partial charge in [0.2, 0.25) is 5.91 Å². The zero-order chi connectivity index (χ0) is 16.3. The summed E-state index contributed by atoms with van der Waals surface area (Å²) in [6.45, 7) is 5.68. The minimum atomic E-state index is -0.633. The number of carbonyl (C=O) groups excluding carboxylic acids is 1. The molecule has 1 unspecified atom stereocenters. The summed E-state index contributed by atoms with van der Waals surface area (Å²) in [6.07, 6.45) is 0.225. The van der Waals surface area contributed by atoms with Gasteiger partial charge in [0.15, 0.2) is 0 Å². The van der Waals surface area contributed by atoms with Gasteiger partial charge in [0.25, 0.3) is 5.56 Å². The van der Waals surface area contributed by atoms with Crippen LogP contribution in [0.5, 0.6) is 0 Å². The van der Waals surface area contributed by atoms with Crippen molar-refractivity contribution < 1.29 is 4.79 Å². The molecule has 0 saturated heterocycles. The van der Waals surface area contributed by atoms with E-state index in [1.54, 1.807) is 6.07 Å². The first-order chi connectivity index (χ1) is 10.5. The Kier molecular flexibility index (Phi) is 4.62. The second-order valence-corrected chi connectivity index (χ2v) is 5.37. The fraction of sp³-hybridized carbons (Fsp3) is 0.353. The molecule has 5 nitrogen and oxygen atoms in total. The second-order valence-electron chi connectivity index (χ2n) is 5.37. The molecular formula is C17H19N3O2. The van der Waals surface area contributed by atoms with Gasteiger partial charge < -0.3 is 9.88 Å². The van der Waals surface area contributed by atoms with Crippen LogP contribution in [0.25, 0.3) is 10.9 Å². The van der Waals surface area contributed by atoms with Crippen molar-refractivity contribution >= 4 is 16.8 Å². The molecule has 114 valence electrons. The van der Waals surface area contributed by atoms with Crippen molar-refractivity contribution in [2.75, 3.05) is 6.54 Å². The first-order valence-corrected chi connectivity index (χ1v) is 7.25. The third-order valence-electron chi connectivity index (χ3n) is 3.76. The van der Waals surface area contributed by atoms with Crippen molar-refractivity contribution in [3.05, 3.63) is 45.7 Å². The molecule has 1 aromatic heterocycles. The molecule has 22 heavy (non-hydrogen) atoms. The van der Waals surface area contributed by atoms with Gasteiger partial charge in [-0.15, -0.1) is 0 Å². The van der Waals surface area contributed by atoms with Crippen molar-refractivity contribution in [1.82, 2.24) is 9.88 Å². The van der Waals surface area contributed by atoms with Gasteiger partial charge in [0.1, 0.15) is 6.04 Å². The highest BCUT2D eigenvalue weighted by atomic mass is 16.2. The molecule has 0 aliphatic rings. The van der Waals surface area contributed by atoms with E-state index in [4.69, 9.17) is 0 Å². The number of nitrogens with zero attached hydrogens (tertiary/aromatic N) is 2. The molecule has 0 aliphatic carbocycles. The number of amides is 1. The van der Waals surface area contributed by atoms with Gasteiger partial charge in [-0.1, -0.05) is 11.6 Å². The zero-order valence-corrected chi connectivity index (χ0v) is 13.0. The summed E-state index contributed by atoms with van der Waals surface area (Å²) in [6, 6.07) is 9.08. The maximum atomic E-state index is 12.2. The topological polar surface area (TPSA) is 77.0 Å². The lowest BCUT2D eigenvalue weighted by molar-refractivity contribution is -0.129. The van der Waals surface area contributed by atoms with Crippen LogP contribution in [0.3, 0.4) is 0 Å². The Bertz CT molecular complexity index is 802. The average Bonchev–Trinajstić information content (AvgIpc) is 2.47. The molecule has 0 radical (unpaired) electrons. The first-order valence-electron chi connectivity index (χ1n) is 7.25. The van der Waals surface area contributed by atoms with Crippen molar-refractivity contribution in [1.29, 1.82) is 5.26 Å². The number of benzene rings is 1. The van der Waals surface area contributed by atoms with E-state index in [0.717, 1.165) is 16.5 Å². The van der Waals surface area contributed by atoms with E-state index in [-0.39, 0.29) is 17.9 Å². The number of nitriles is 1. The number of rotatable bonds is 4. The monoisotopic (exact) mass is 297 g/mol. The van der Waals surface area contributed by atoms with Gasteiger partial charge in [-0.05, 0) is 37.4 Å². The van der Waals surface area contributed by atoms with E-state index in [1.807, 2.05) is 32.0 Å². The molecule has 5 heteroatoms. The third-order valence-corrected chi connectivity index (χ3v) is 3.76. The Morgan fingerprint density at radius 3 is 2.73 bits per heavy atom. The Hall–Kier alpha value is -2.61. The lowest BCUT2D eigenvalue weighted by atomic mass is 10.0. The Balaban J connectivity index is 2.42. The maximum Gasteiger partial charge on any atom is 0.251 e. The summed E-state index contributed by atoms with van der Waals surface area (Å²) in [5.41, 5.74) is 2.17. The van der Waals surface area contributed by atoms with Crippen LogP contribution in [0.4, 0.5) is 0 Å². The lowest BCUT2D eigenvalue weighted by Crippen LogP contribution is -2.40. The van der Waals surface area contributed by atoms with Crippen molar-refractivity contribution in [3.63, 3.8) is 0 Å². The predicted octanol–water partition coefficient (Wildman–Crippen LogP) is 2.14. The summed E-state index contributed by atoms with van der Waals surface area (Å²) >= 11 is 0. The van der Waals surface area contributed by atoms with Gasteiger partial charge in [-0.3, -0.25) is 9.59 Å². The summed E-state index contributed by atoms with van der Waals surface area (Å²) in [5.74, 6) is -0.165. The fourth-order valence-corrected chi connectivity index (χ4v) is 2.62. The number of hydrogen-bond acceptors (Lipinski definition) is 3. The number of aromatic nitrogens is 1. The van der Waals surface area contributed by atoms with Gasteiger partial charge in [-0.25, -0.2) is 0 Å². The highest BCUT2D eigenvalue weighted by Gasteiger charge is 2.20. The highest BCUT2D eigenvalue weighted by Crippen LogP contribution is 2.15. The van der Waals surface area contributed by atoms with Gasteiger partial charge in [-0.2, -0.15) is 5.26 Å². The number of fused-ring (bicyclic) bond motifs is 1.